The van der Waals surface area contributed by atoms with Crippen molar-refractivity contribution in [1.29, 1.82) is 0 Å². The van der Waals surface area contributed by atoms with Gasteiger partial charge in [0, 0.05) is 6.04 Å². The van der Waals surface area contributed by atoms with Gasteiger partial charge in [0.25, 0.3) is 0 Å². The Bertz CT molecular complexity index is 208. The van der Waals surface area contributed by atoms with Crippen LogP contribution in [0.1, 0.15) is 84.0 Å². The van der Waals surface area contributed by atoms with E-state index >= 15 is 0 Å². The van der Waals surface area contributed by atoms with Crippen LogP contribution in [0, 0.1) is 0 Å². The first kappa shape index (κ1) is 14.8. The van der Waals surface area contributed by atoms with E-state index in [9.17, 15) is 0 Å². The summed E-state index contributed by atoms with van der Waals surface area (Å²) in [7, 11) is 0. The number of hydrogen-bond donors (Lipinski definition) is 1. The predicted molar refractivity (Wildman–Crippen MR) is 77.1 cm³/mol. The lowest BCUT2D eigenvalue weighted by Gasteiger charge is -2.19. The van der Waals surface area contributed by atoms with Gasteiger partial charge in [-0.1, -0.05) is 63.5 Å². The fraction of sp³-hybridized carbons (Fsp3) is 0.875. The lowest BCUT2D eigenvalue weighted by Crippen LogP contribution is -2.23. The smallest absolute Gasteiger partial charge is 0.0253 e. The molecule has 0 radical (unpaired) electrons. The van der Waals surface area contributed by atoms with E-state index in [-0.39, 0.29) is 0 Å². The summed E-state index contributed by atoms with van der Waals surface area (Å²) in [6.07, 6.45) is 18.6. The monoisotopic (exact) mass is 237 g/mol. The average Bonchev–Trinajstić information content (AvgIpc) is 2.38. The number of unbranched alkanes of at least 4 members (excludes halogenated alkanes) is 6. The van der Waals surface area contributed by atoms with Crippen molar-refractivity contribution in [2.45, 2.75) is 90.0 Å². The van der Waals surface area contributed by atoms with Gasteiger partial charge in [0.05, 0.1) is 0 Å². The van der Waals surface area contributed by atoms with Gasteiger partial charge < -0.3 is 5.73 Å². The quantitative estimate of drug-likeness (QED) is 0.445. The molecule has 1 nitrogen and oxygen atoms in total. The number of rotatable bonds is 9. The van der Waals surface area contributed by atoms with Crippen LogP contribution in [0.25, 0.3) is 0 Å². The van der Waals surface area contributed by atoms with Gasteiger partial charge in [0.15, 0.2) is 0 Å². The van der Waals surface area contributed by atoms with Crippen LogP contribution in [0.15, 0.2) is 11.6 Å². The molecule has 0 fully saturated rings. The van der Waals surface area contributed by atoms with Crippen LogP contribution >= 0.6 is 0 Å². The van der Waals surface area contributed by atoms with Crippen LogP contribution < -0.4 is 5.73 Å². The van der Waals surface area contributed by atoms with E-state index in [1.807, 2.05) is 0 Å². The highest BCUT2D eigenvalue weighted by molar-refractivity contribution is 5.12. The van der Waals surface area contributed by atoms with Crippen molar-refractivity contribution in [3.63, 3.8) is 0 Å². The fourth-order valence-electron chi connectivity index (χ4n) is 2.71. The predicted octanol–water partition coefficient (Wildman–Crippen LogP) is 4.95. The molecule has 1 atom stereocenters. The molecule has 17 heavy (non-hydrogen) atoms. The Hall–Kier alpha value is -0.300. The van der Waals surface area contributed by atoms with Crippen molar-refractivity contribution in [2.24, 2.45) is 5.73 Å². The molecule has 0 spiro atoms. The van der Waals surface area contributed by atoms with Gasteiger partial charge in [-0.3, -0.25) is 0 Å². The van der Waals surface area contributed by atoms with Crippen LogP contribution in [-0.4, -0.2) is 6.04 Å². The summed E-state index contributed by atoms with van der Waals surface area (Å²) in [4.78, 5) is 0. The number of allylic oxidation sites excluding steroid dienone is 1. The minimum atomic E-state index is 0.367. The summed E-state index contributed by atoms with van der Waals surface area (Å²) in [6.45, 7) is 2.27. The van der Waals surface area contributed by atoms with Gasteiger partial charge in [0.1, 0.15) is 0 Å². The second kappa shape index (κ2) is 9.70. The molecule has 100 valence electrons. The van der Waals surface area contributed by atoms with Gasteiger partial charge >= 0.3 is 0 Å². The van der Waals surface area contributed by atoms with Crippen molar-refractivity contribution >= 4 is 0 Å². The third kappa shape index (κ3) is 6.88. The van der Waals surface area contributed by atoms with Gasteiger partial charge in [0.2, 0.25) is 0 Å². The first-order valence-corrected chi connectivity index (χ1v) is 7.79. The summed E-state index contributed by atoms with van der Waals surface area (Å²) in [5.74, 6) is 0. The zero-order chi connectivity index (χ0) is 12.3. The summed E-state index contributed by atoms with van der Waals surface area (Å²) < 4.78 is 0. The van der Waals surface area contributed by atoms with Crippen molar-refractivity contribution in [2.75, 3.05) is 0 Å². The second-order valence-corrected chi connectivity index (χ2v) is 5.54. The van der Waals surface area contributed by atoms with Crippen LogP contribution in [0.2, 0.25) is 0 Å². The summed E-state index contributed by atoms with van der Waals surface area (Å²) in [5, 5.41) is 0. The molecule has 1 aliphatic carbocycles. The van der Waals surface area contributed by atoms with E-state index in [2.05, 4.69) is 13.0 Å². The molecule has 1 aliphatic rings. The van der Waals surface area contributed by atoms with Gasteiger partial charge in [-0.15, -0.1) is 0 Å². The van der Waals surface area contributed by atoms with Crippen LogP contribution in [0.5, 0.6) is 0 Å². The molecule has 0 heterocycles. The molecule has 1 unspecified atom stereocenters. The molecule has 0 aliphatic heterocycles. The average molecular weight is 237 g/mol. The van der Waals surface area contributed by atoms with Crippen molar-refractivity contribution in [3.8, 4) is 0 Å². The first-order valence-electron chi connectivity index (χ1n) is 7.79. The molecular weight excluding hydrogens is 206 g/mol. The molecule has 0 aromatic rings. The van der Waals surface area contributed by atoms with E-state index in [1.54, 1.807) is 5.57 Å². The molecule has 2 N–H and O–H groups in total. The van der Waals surface area contributed by atoms with Crippen LogP contribution in [-0.2, 0) is 0 Å². The maximum absolute atomic E-state index is 6.24. The Morgan fingerprint density at radius 2 is 1.76 bits per heavy atom. The standard InChI is InChI=1S/C16H31N/c1-2-3-4-5-6-7-11-14-16(17)15-12-9-8-10-13-15/h12,16H,2-11,13-14,17H2,1H3. The van der Waals surface area contributed by atoms with Crippen molar-refractivity contribution in [1.82, 2.24) is 0 Å². The Morgan fingerprint density at radius 3 is 2.41 bits per heavy atom. The number of hydrogen-bond acceptors (Lipinski definition) is 1. The molecule has 1 heteroatoms. The molecule has 0 saturated carbocycles. The van der Waals surface area contributed by atoms with Gasteiger partial charge in [-0.05, 0) is 32.1 Å². The van der Waals surface area contributed by atoms with Gasteiger partial charge in [-0.2, -0.15) is 0 Å². The first-order chi connectivity index (χ1) is 8.34. The Morgan fingerprint density at radius 1 is 1.06 bits per heavy atom. The molecule has 0 saturated heterocycles. The normalized spacial score (nSPS) is 17.9. The van der Waals surface area contributed by atoms with E-state index < -0.39 is 0 Å². The SMILES string of the molecule is CCCCCCCCCC(N)C1=CCCCC1. The van der Waals surface area contributed by atoms with Crippen LogP contribution in [0.4, 0.5) is 0 Å². The Labute approximate surface area is 108 Å². The minimum absolute atomic E-state index is 0.367. The lowest BCUT2D eigenvalue weighted by molar-refractivity contribution is 0.538. The maximum Gasteiger partial charge on any atom is 0.0253 e. The van der Waals surface area contributed by atoms with E-state index in [0.29, 0.717) is 6.04 Å². The summed E-state index contributed by atoms with van der Waals surface area (Å²) in [5.41, 5.74) is 7.79. The second-order valence-electron chi connectivity index (χ2n) is 5.54. The largest absolute Gasteiger partial charge is 0.324 e. The fourth-order valence-corrected chi connectivity index (χ4v) is 2.71. The zero-order valence-electron chi connectivity index (χ0n) is 11.7. The third-order valence-electron chi connectivity index (χ3n) is 3.92. The minimum Gasteiger partial charge on any atom is -0.324 e. The van der Waals surface area contributed by atoms with Crippen molar-refractivity contribution < 1.29 is 0 Å². The third-order valence-corrected chi connectivity index (χ3v) is 3.92. The number of nitrogens with two attached hydrogens (primary N) is 1. The molecule has 0 aromatic heterocycles. The highest BCUT2D eigenvalue weighted by Gasteiger charge is 2.11. The van der Waals surface area contributed by atoms with E-state index in [0.717, 1.165) is 0 Å². The highest BCUT2D eigenvalue weighted by atomic mass is 14.6. The van der Waals surface area contributed by atoms with Crippen LogP contribution in [0.3, 0.4) is 0 Å². The lowest BCUT2D eigenvalue weighted by atomic mass is 9.91. The highest BCUT2D eigenvalue weighted by Crippen LogP contribution is 2.22. The summed E-state index contributed by atoms with van der Waals surface area (Å²) >= 11 is 0. The molecular formula is C16H31N. The molecule has 0 bridgehead atoms. The Balaban J connectivity index is 1.96. The van der Waals surface area contributed by atoms with Crippen molar-refractivity contribution in [3.05, 3.63) is 11.6 Å². The molecule has 0 aromatic carbocycles. The topological polar surface area (TPSA) is 26.0 Å². The molecule has 1 rings (SSSR count). The summed E-state index contributed by atoms with van der Waals surface area (Å²) in [6, 6.07) is 0.367. The molecule has 0 amide bonds. The Kier molecular flexibility index (Phi) is 8.42. The van der Waals surface area contributed by atoms with Gasteiger partial charge in [-0.25, -0.2) is 0 Å². The zero-order valence-corrected chi connectivity index (χ0v) is 11.7. The maximum atomic E-state index is 6.24. The van der Waals surface area contributed by atoms with E-state index in [4.69, 9.17) is 5.73 Å². The van der Waals surface area contributed by atoms with E-state index in [1.165, 1.54) is 77.0 Å².